The molecule has 0 heterocycles. The van der Waals surface area contributed by atoms with Crippen LogP contribution in [0, 0.1) is 0 Å². The summed E-state index contributed by atoms with van der Waals surface area (Å²) < 4.78 is 0. The standard InChI is InChI=1S/C11H15ClN2O/c12-10-4-2-1-3-9(10)6-8-14-11(15)5-7-13/h1-4H,5-8,13H2,(H,14,15). The number of rotatable bonds is 5. The molecule has 15 heavy (non-hydrogen) atoms. The topological polar surface area (TPSA) is 55.1 Å². The Balaban J connectivity index is 2.32. The molecule has 0 fully saturated rings. The van der Waals surface area contributed by atoms with E-state index in [0.29, 0.717) is 19.5 Å². The molecule has 4 heteroatoms. The van der Waals surface area contributed by atoms with E-state index in [0.717, 1.165) is 17.0 Å². The maximum absolute atomic E-state index is 11.1. The second-order valence-electron chi connectivity index (χ2n) is 3.23. The quantitative estimate of drug-likeness (QED) is 0.797. The highest BCUT2D eigenvalue weighted by Gasteiger charge is 2.01. The summed E-state index contributed by atoms with van der Waals surface area (Å²) in [4.78, 5) is 11.1. The van der Waals surface area contributed by atoms with Crippen LogP contribution in [0.5, 0.6) is 0 Å². The van der Waals surface area contributed by atoms with Crippen LogP contribution in [0.3, 0.4) is 0 Å². The fourth-order valence-corrected chi connectivity index (χ4v) is 1.49. The summed E-state index contributed by atoms with van der Waals surface area (Å²) in [5.74, 6) is -0.00967. The molecule has 3 nitrogen and oxygen atoms in total. The van der Waals surface area contributed by atoms with E-state index in [9.17, 15) is 4.79 Å². The highest BCUT2D eigenvalue weighted by molar-refractivity contribution is 6.31. The number of benzene rings is 1. The molecular formula is C11H15ClN2O. The van der Waals surface area contributed by atoms with Crippen molar-refractivity contribution in [1.82, 2.24) is 5.32 Å². The number of carbonyl (C=O) groups is 1. The zero-order valence-corrected chi connectivity index (χ0v) is 9.26. The average molecular weight is 227 g/mol. The van der Waals surface area contributed by atoms with Gasteiger partial charge in [-0.3, -0.25) is 4.79 Å². The average Bonchev–Trinajstić information content (AvgIpc) is 2.21. The Morgan fingerprint density at radius 2 is 2.13 bits per heavy atom. The maximum Gasteiger partial charge on any atom is 0.221 e. The van der Waals surface area contributed by atoms with Gasteiger partial charge in [0.1, 0.15) is 0 Å². The van der Waals surface area contributed by atoms with E-state index in [2.05, 4.69) is 5.32 Å². The summed E-state index contributed by atoms with van der Waals surface area (Å²) in [7, 11) is 0. The molecule has 82 valence electrons. The molecule has 1 amide bonds. The predicted octanol–water partition coefficient (Wildman–Crippen LogP) is 1.35. The van der Waals surface area contributed by atoms with Crippen molar-refractivity contribution in [3.8, 4) is 0 Å². The van der Waals surface area contributed by atoms with Gasteiger partial charge in [0.25, 0.3) is 0 Å². The number of halogens is 1. The lowest BCUT2D eigenvalue weighted by Gasteiger charge is -2.05. The van der Waals surface area contributed by atoms with Gasteiger partial charge in [0, 0.05) is 24.5 Å². The lowest BCUT2D eigenvalue weighted by atomic mass is 10.1. The lowest BCUT2D eigenvalue weighted by molar-refractivity contribution is -0.120. The lowest BCUT2D eigenvalue weighted by Crippen LogP contribution is -2.27. The number of carbonyl (C=O) groups excluding carboxylic acids is 1. The van der Waals surface area contributed by atoms with Gasteiger partial charge in [0.15, 0.2) is 0 Å². The van der Waals surface area contributed by atoms with Gasteiger partial charge in [0.2, 0.25) is 5.91 Å². The van der Waals surface area contributed by atoms with Crippen molar-refractivity contribution in [2.24, 2.45) is 5.73 Å². The van der Waals surface area contributed by atoms with Gasteiger partial charge >= 0.3 is 0 Å². The summed E-state index contributed by atoms with van der Waals surface area (Å²) in [5.41, 5.74) is 6.30. The van der Waals surface area contributed by atoms with Crippen LogP contribution in [0.15, 0.2) is 24.3 Å². The van der Waals surface area contributed by atoms with Gasteiger partial charge in [-0.05, 0) is 18.1 Å². The minimum atomic E-state index is -0.00967. The number of amides is 1. The summed E-state index contributed by atoms with van der Waals surface area (Å²) in [6.07, 6.45) is 1.12. The van der Waals surface area contributed by atoms with Gasteiger partial charge in [-0.15, -0.1) is 0 Å². The fourth-order valence-electron chi connectivity index (χ4n) is 1.26. The molecule has 1 rings (SSSR count). The van der Waals surface area contributed by atoms with Crippen molar-refractivity contribution in [3.05, 3.63) is 34.9 Å². The monoisotopic (exact) mass is 226 g/mol. The Morgan fingerprint density at radius 3 is 2.80 bits per heavy atom. The fraction of sp³-hybridized carbons (Fsp3) is 0.364. The van der Waals surface area contributed by atoms with Gasteiger partial charge < -0.3 is 11.1 Å². The Morgan fingerprint density at radius 1 is 1.40 bits per heavy atom. The van der Waals surface area contributed by atoms with Gasteiger partial charge in [-0.1, -0.05) is 29.8 Å². The normalized spacial score (nSPS) is 10.0. The van der Waals surface area contributed by atoms with Crippen molar-refractivity contribution in [3.63, 3.8) is 0 Å². The highest BCUT2D eigenvalue weighted by atomic mass is 35.5. The molecule has 1 aromatic carbocycles. The van der Waals surface area contributed by atoms with Gasteiger partial charge in [-0.25, -0.2) is 0 Å². The molecule has 1 aromatic rings. The molecule has 0 atom stereocenters. The third-order valence-corrected chi connectivity index (χ3v) is 2.41. The zero-order valence-electron chi connectivity index (χ0n) is 8.50. The molecule has 0 saturated heterocycles. The highest BCUT2D eigenvalue weighted by Crippen LogP contribution is 2.14. The third-order valence-electron chi connectivity index (χ3n) is 2.05. The Hall–Kier alpha value is -1.06. The second-order valence-corrected chi connectivity index (χ2v) is 3.64. The first-order valence-electron chi connectivity index (χ1n) is 4.94. The molecular weight excluding hydrogens is 212 g/mol. The number of hydrogen-bond acceptors (Lipinski definition) is 2. The third kappa shape index (κ3) is 4.32. The first kappa shape index (κ1) is 12.0. The molecule has 0 aromatic heterocycles. The van der Waals surface area contributed by atoms with Gasteiger partial charge in [-0.2, -0.15) is 0 Å². The minimum Gasteiger partial charge on any atom is -0.356 e. The van der Waals surface area contributed by atoms with Crippen molar-refractivity contribution in [2.45, 2.75) is 12.8 Å². The molecule has 0 unspecified atom stereocenters. The molecule has 0 saturated carbocycles. The molecule has 0 aliphatic carbocycles. The van der Waals surface area contributed by atoms with E-state index in [1.807, 2.05) is 24.3 Å². The number of nitrogens with two attached hydrogens (primary N) is 1. The molecule has 0 bridgehead atoms. The van der Waals surface area contributed by atoms with Crippen molar-refractivity contribution in [1.29, 1.82) is 0 Å². The molecule has 0 spiro atoms. The van der Waals surface area contributed by atoms with Crippen LogP contribution in [0.1, 0.15) is 12.0 Å². The predicted molar refractivity (Wildman–Crippen MR) is 61.8 cm³/mol. The molecule has 0 aliphatic heterocycles. The van der Waals surface area contributed by atoms with Crippen LogP contribution in [0.4, 0.5) is 0 Å². The zero-order chi connectivity index (χ0) is 11.1. The maximum atomic E-state index is 11.1. The minimum absolute atomic E-state index is 0.00967. The van der Waals surface area contributed by atoms with Crippen molar-refractivity contribution < 1.29 is 4.79 Å². The summed E-state index contributed by atoms with van der Waals surface area (Å²) in [5, 5.41) is 3.52. The Labute approximate surface area is 94.6 Å². The van der Waals surface area contributed by atoms with E-state index in [-0.39, 0.29) is 5.91 Å². The van der Waals surface area contributed by atoms with Crippen molar-refractivity contribution in [2.75, 3.05) is 13.1 Å². The Bertz CT molecular complexity index is 328. The van der Waals surface area contributed by atoms with E-state index in [4.69, 9.17) is 17.3 Å². The first-order chi connectivity index (χ1) is 7.24. The van der Waals surface area contributed by atoms with Gasteiger partial charge in [0.05, 0.1) is 0 Å². The van der Waals surface area contributed by atoms with Crippen LogP contribution in [-0.4, -0.2) is 19.0 Å². The summed E-state index contributed by atoms with van der Waals surface area (Å²) >= 11 is 5.97. The van der Waals surface area contributed by atoms with Crippen LogP contribution >= 0.6 is 11.6 Å². The summed E-state index contributed by atoms with van der Waals surface area (Å²) in [6, 6.07) is 7.62. The summed E-state index contributed by atoms with van der Waals surface area (Å²) in [6.45, 7) is 0.987. The first-order valence-corrected chi connectivity index (χ1v) is 5.32. The number of nitrogens with one attached hydrogen (secondary N) is 1. The smallest absolute Gasteiger partial charge is 0.221 e. The van der Waals surface area contributed by atoms with Crippen LogP contribution in [-0.2, 0) is 11.2 Å². The SMILES string of the molecule is NCCC(=O)NCCc1ccccc1Cl. The van der Waals surface area contributed by atoms with E-state index >= 15 is 0 Å². The van der Waals surface area contributed by atoms with Crippen molar-refractivity contribution >= 4 is 17.5 Å². The van der Waals surface area contributed by atoms with E-state index in [1.54, 1.807) is 0 Å². The molecule has 3 N–H and O–H groups in total. The van der Waals surface area contributed by atoms with Crippen LogP contribution in [0.25, 0.3) is 0 Å². The Kier molecular flexibility index (Phi) is 5.15. The van der Waals surface area contributed by atoms with Crippen LogP contribution < -0.4 is 11.1 Å². The van der Waals surface area contributed by atoms with E-state index < -0.39 is 0 Å². The van der Waals surface area contributed by atoms with E-state index in [1.165, 1.54) is 0 Å². The van der Waals surface area contributed by atoms with Crippen LogP contribution in [0.2, 0.25) is 5.02 Å². The largest absolute Gasteiger partial charge is 0.356 e. The second kappa shape index (κ2) is 6.43. The molecule has 0 radical (unpaired) electrons. The number of hydrogen-bond donors (Lipinski definition) is 2. The molecule has 0 aliphatic rings.